The van der Waals surface area contributed by atoms with Crippen molar-refractivity contribution >= 4 is 5.78 Å². The molecule has 0 amide bonds. The summed E-state index contributed by atoms with van der Waals surface area (Å²) in [4.78, 5) is 12.4. The molecule has 0 fully saturated rings. The number of rotatable bonds is 0. The second-order valence-corrected chi connectivity index (χ2v) is 5.58. The number of fused-ring (bicyclic) bond motifs is 1. The van der Waals surface area contributed by atoms with Crippen LogP contribution in [0.25, 0.3) is 0 Å². The Labute approximate surface area is 91.5 Å². The van der Waals surface area contributed by atoms with Crippen LogP contribution in [-0.2, 0) is 5.41 Å². The first-order valence-electron chi connectivity index (χ1n) is 5.45. The molecule has 0 aromatic heterocycles. The zero-order valence-corrected chi connectivity index (χ0v) is 10.1. The fourth-order valence-corrected chi connectivity index (χ4v) is 2.42. The normalized spacial score (nSPS) is 21.5. The zero-order chi connectivity index (χ0) is 11.4. The fraction of sp³-hybridized carbons (Fsp3) is 0.500. The molecule has 1 aliphatic rings. The largest absolute Gasteiger partial charge is 0.294 e. The van der Waals surface area contributed by atoms with Crippen molar-refractivity contribution in [2.45, 2.75) is 40.0 Å². The summed E-state index contributed by atoms with van der Waals surface area (Å²) < 4.78 is 0. The summed E-state index contributed by atoms with van der Waals surface area (Å²) in [6, 6.07) is 6.16. The molecule has 0 N–H and O–H groups in total. The number of hydrogen-bond acceptors (Lipinski definition) is 1. The molecule has 0 saturated carbocycles. The lowest BCUT2D eigenvalue weighted by Crippen LogP contribution is -2.35. The first-order chi connectivity index (χ1) is 6.80. The van der Waals surface area contributed by atoms with Gasteiger partial charge in [-0.05, 0) is 18.1 Å². The average molecular weight is 202 g/mol. The molecule has 1 aromatic rings. The molecular formula is C14H18O. The average Bonchev–Trinajstić information content (AvgIpc) is 2.27. The summed E-state index contributed by atoms with van der Waals surface area (Å²) in [5.74, 6) is 0.292. The van der Waals surface area contributed by atoms with Crippen molar-refractivity contribution in [1.82, 2.24) is 0 Å². The van der Waals surface area contributed by atoms with Crippen LogP contribution in [0.4, 0.5) is 0 Å². The standard InChI is InChI=1S/C14H18O/c1-9-7-6-8-10-11(9)12(15)14(4,5)13(10,2)3/h6-8H,1-5H3. The lowest BCUT2D eigenvalue weighted by molar-refractivity contribution is 0.0778. The Morgan fingerprint density at radius 2 is 1.60 bits per heavy atom. The second kappa shape index (κ2) is 2.72. The van der Waals surface area contributed by atoms with Gasteiger partial charge in [-0.1, -0.05) is 45.9 Å². The second-order valence-electron chi connectivity index (χ2n) is 5.58. The van der Waals surface area contributed by atoms with Crippen LogP contribution in [0.2, 0.25) is 0 Å². The van der Waals surface area contributed by atoms with Crippen molar-refractivity contribution in [2.75, 3.05) is 0 Å². The van der Waals surface area contributed by atoms with E-state index in [1.165, 1.54) is 5.56 Å². The van der Waals surface area contributed by atoms with Crippen LogP contribution in [0.1, 0.15) is 49.2 Å². The van der Waals surface area contributed by atoms with E-state index in [2.05, 4.69) is 33.8 Å². The third kappa shape index (κ3) is 1.06. The number of benzene rings is 1. The van der Waals surface area contributed by atoms with Crippen LogP contribution < -0.4 is 0 Å². The van der Waals surface area contributed by atoms with Gasteiger partial charge in [0.25, 0.3) is 0 Å². The van der Waals surface area contributed by atoms with E-state index >= 15 is 0 Å². The predicted molar refractivity (Wildman–Crippen MR) is 62.3 cm³/mol. The molecule has 15 heavy (non-hydrogen) atoms. The van der Waals surface area contributed by atoms with Gasteiger partial charge in [0.15, 0.2) is 5.78 Å². The topological polar surface area (TPSA) is 17.1 Å². The lowest BCUT2D eigenvalue weighted by Gasteiger charge is -2.33. The van der Waals surface area contributed by atoms with Gasteiger partial charge in [0, 0.05) is 16.4 Å². The Bertz CT molecular complexity index is 439. The lowest BCUT2D eigenvalue weighted by atomic mass is 9.68. The number of carbonyl (C=O) groups is 1. The van der Waals surface area contributed by atoms with Gasteiger partial charge >= 0.3 is 0 Å². The monoisotopic (exact) mass is 202 g/mol. The third-order valence-corrected chi connectivity index (χ3v) is 4.30. The maximum atomic E-state index is 12.4. The number of hydrogen-bond donors (Lipinski definition) is 0. The van der Waals surface area contributed by atoms with Gasteiger partial charge in [-0.2, -0.15) is 0 Å². The van der Waals surface area contributed by atoms with E-state index in [1.807, 2.05) is 19.1 Å². The molecule has 2 rings (SSSR count). The van der Waals surface area contributed by atoms with Crippen molar-refractivity contribution in [3.8, 4) is 0 Å². The highest BCUT2D eigenvalue weighted by molar-refractivity contribution is 6.07. The molecule has 0 heterocycles. The summed E-state index contributed by atoms with van der Waals surface area (Å²) in [7, 11) is 0. The summed E-state index contributed by atoms with van der Waals surface area (Å²) in [5, 5.41) is 0. The van der Waals surface area contributed by atoms with Crippen LogP contribution in [0.15, 0.2) is 18.2 Å². The van der Waals surface area contributed by atoms with Crippen molar-refractivity contribution in [2.24, 2.45) is 5.41 Å². The van der Waals surface area contributed by atoms with Gasteiger partial charge in [-0.3, -0.25) is 4.79 Å². The summed E-state index contributed by atoms with van der Waals surface area (Å²) in [6.07, 6.45) is 0. The predicted octanol–water partition coefficient (Wildman–Crippen LogP) is 3.50. The van der Waals surface area contributed by atoms with Crippen molar-refractivity contribution < 1.29 is 4.79 Å². The van der Waals surface area contributed by atoms with Gasteiger partial charge in [-0.25, -0.2) is 0 Å². The molecule has 1 aliphatic carbocycles. The minimum atomic E-state index is -0.290. The first-order valence-corrected chi connectivity index (χ1v) is 5.45. The summed E-state index contributed by atoms with van der Waals surface area (Å²) in [5.41, 5.74) is 2.91. The van der Waals surface area contributed by atoms with Gasteiger partial charge in [0.05, 0.1) is 0 Å². The molecule has 0 atom stereocenters. The Kier molecular flexibility index (Phi) is 1.89. The molecule has 0 bridgehead atoms. The number of Topliss-reactive ketones (excluding diaryl/α,β-unsaturated/α-hetero) is 1. The summed E-state index contributed by atoms with van der Waals surface area (Å²) >= 11 is 0. The van der Waals surface area contributed by atoms with E-state index in [1.54, 1.807) is 0 Å². The Balaban J connectivity index is 2.80. The Morgan fingerprint density at radius 3 is 2.13 bits per heavy atom. The molecule has 0 radical (unpaired) electrons. The maximum Gasteiger partial charge on any atom is 0.169 e. The van der Waals surface area contributed by atoms with E-state index in [4.69, 9.17) is 0 Å². The zero-order valence-electron chi connectivity index (χ0n) is 10.1. The fourth-order valence-electron chi connectivity index (χ4n) is 2.42. The van der Waals surface area contributed by atoms with Gasteiger partial charge in [0.1, 0.15) is 0 Å². The number of ketones is 1. The van der Waals surface area contributed by atoms with Gasteiger partial charge in [0.2, 0.25) is 0 Å². The molecule has 80 valence electrons. The molecular weight excluding hydrogens is 184 g/mol. The molecule has 0 saturated heterocycles. The summed E-state index contributed by atoms with van der Waals surface area (Å²) in [6.45, 7) is 10.4. The minimum absolute atomic E-state index is 0.0641. The number of aryl methyl sites for hydroxylation is 1. The molecule has 1 aromatic carbocycles. The van der Waals surface area contributed by atoms with Crippen molar-refractivity contribution in [3.05, 3.63) is 34.9 Å². The Hall–Kier alpha value is -1.11. The Morgan fingerprint density at radius 1 is 1.00 bits per heavy atom. The molecule has 1 nitrogen and oxygen atoms in total. The van der Waals surface area contributed by atoms with Crippen LogP contribution in [-0.4, -0.2) is 5.78 Å². The van der Waals surface area contributed by atoms with Gasteiger partial charge < -0.3 is 0 Å². The van der Waals surface area contributed by atoms with E-state index in [0.717, 1.165) is 11.1 Å². The molecule has 0 unspecified atom stereocenters. The molecule has 1 heteroatoms. The van der Waals surface area contributed by atoms with Crippen LogP contribution in [0.5, 0.6) is 0 Å². The van der Waals surface area contributed by atoms with Crippen LogP contribution in [0, 0.1) is 12.3 Å². The SMILES string of the molecule is Cc1cccc2c1C(=O)C(C)(C)C2(C)C. The minimum Gasteiger partial charge on any atom is -0.294 e. The van der Waals surface area contributed by atoms with Crippen molar-refractivity contribution in [1.29, 1.82) is 0 Å². The third-order valence-electron chi connectivity index (χ3n) is 4.30. The number of carbonyl (C=O) groups excluding carboxylic acids is 1. The van der Waals surface area contributed by atoms with Crippen LogP contribution >= 0.6 is 0 Å². The highest BCUT2D eigenvalue weighted by Crippen LogP contribution is 2.51. The van der Waals surface area contributed by atoms with E-state index in [-0.39, 0.29) is 10.8 Å². The van der Waals surface area contributed by atoms with E-state index < -0.39 is 0 Å². The molecule has 0 spiro atoms. The highest BCUT2D eigenvalue weighted by Gasteiger charge is 2.52. The maximum absolute atomic E-state index is 12.4. The van der Waals surface area contributed by atoms with E-state index in [0.29, 0.717) is 5.78 Å². The smallest absolute Gasteiger partial charge is 0.169 e. The van der Waals surface area contributed by atoms with Crippen LogP contribution in [0.3, 0.4) is 0 Å². The first kappa shape index (κ1) is 10.4. The highest BCUT2D eigenvalue weighted by atomic mass is 16.1. The molecule has 0 aliphatic heterocycles. The quantitative estimate of drug-likeness (QED) is 0.629. The van der Waals surface area contributed by atoms with Gasteiger partial charge in [-0.15, -0.1) is 0 Å². The van der Waals surface area contributed by atoms with E-state index in [9.17, 15) is 4.79 Å². The van der Waals surface area contributed by atoms with Crippen molar-refractivity contribution in [3.63, 3.8) is 0 Å².